The largest absolute Gasteiger partial charge is 0.507 e. The molecule has 0 radical (unpaired) electrons. The Morgan fingerprint density at radius 2 is 1.68 bits per heavy atom. The molecule has 0 aromatic heterocycles. The van der Waals surface area contributed by atoms with Gasteiger partial charge in [-0.3, -0.25) is 19.3 Å². The van der Waals surface area contributed by atoms with Crippen LogP contribution in [0.3, 0.4) is 0 Å². The smallest absolute Gasteiger partial charge is 0.300 e. The number of nitrogens with one attached hydrogen (secondary N) is 1. The number of carbonyl (C=O) groups is 3. The van der Waals surface area contributed by atoms with Crippen molar-refractivity contribution < 1.29 is 32.6 Å². The second kappa shape index (κ2) is 10.2. The minimum absolute atomic E-state index is 0.129. The number of hydrogen-bond donors (Lipinski definition) is 2. The number of carbonyl (C=O) groups excluding carboxylic acids is 3. The maximum Gasteiger partial charge on any atom is 0.300 e. The van der Waals surface area contributed by atoms with Crippen LogP contribution < -0.4 is 14.4 Å². The van der Waals surface area contributed by atoms with Gasteiger partial charge in [-0.25, -0.2) is 13.1 Å². The van der Waals surface area contributed by atoms with Gasteiger partial charge < -0.3 is 9.84 Å². The molecule has 11 heteroatoms. The molecule has 37 heavy (non-hydrogen) atoms. The highest BCUT2D eigenvalue weighted by molar-refractivity contribution is 9.10. The zero-order valence-corrected chi connectivity index (χ0v) is 22.0. The topological polar surface area (TPSA) is 130 Å². The third kappa shape index (κ3) is 5.13. The molecule has 3 aromatic carbocycles. The van der Waals surface area contributed by atoms with Crippen LogP contribution in [0.1, 0.15) is 24.1 Å². The first-order valence-electron chi connectivity index (χ1n) is 10.9. The Balaban J connectivity index is 1.88. The summed E-state index contributed by atoms with van der Waals surface area (Å²) in [6.45, 7) is 1.07. The number of amides is 2. The molecule has 0 aliphatic carbocycles. The van der Waals surface area contributed by atoms with Crippen molar-refractivity contribution in [3.05, 3.63) is 94.0 Å². The van der Waals surface area contributed by atoms with E-state index >= 15 is 0 Å². The lowest BCUT2D eigenvalue weighted by atomic mass is 9.95. The third-order valence-corrected chi connectivity index (χ3v) is 7.65. The van der Waals surface area contributed by atoms with Gasteiger partial charge in [0.15, 0.2) is 0 Å². The Bertz CT molecular complexity index is 1530. The third-order valence-electron chi connectivity index (χ3n) is 5.67. The van der Waals surface area contributed by atoms with Gasteiger partial charge in [-0.05, 0) is 54.1 Å². The van der Waals surface area contributed by atoms with Gasteiger partial charge in [-0.15, -0.1) is 0 Å². The summed E-state index contributed by atoms with van der Waals surface area (Å²) in [5.41, 5.74) is 0.917. The summed E-state index contributed by atoms with van der Waals surface area (Å²) < 4.78 is 32.6. The Labute approximate surface area is 221 Å². The van der Waals surface area contributed by atoms with Crippen LogP contribution in [0.2, 0.25) is 0 Å². The van der Waals surface area contributed by atoms with Crippen LogP contribution in [0.5, 0.6) is 5.75 Å². The lowest BCUT2D eigenvalue weighted by Gasteiger charge is -2.26. The molecule has 2 N–H and O–H groups in total. The summed E-state index contributed by atoms with van der Waals surface area (Å²) in [4.78, 5) is 38.8. The minimum Gasteiger partial charge on any atom is -0.507 e. The summed E-state index contributed by atoms with van der Waals surface area (Å²) in [5.74, 6) is -2.43. The standard InChI is InChI=1S/C26H21BrN2O7S/c1-15(30)28-37(34,35)21-12-10-19(11-13-21)29-23(17-4-3-5-20(14-17)36-2)22(25(32)26(29)33)24(31)16-6-8-18(27)9-7-16/h3-14,23,31H,1-2H3,(H,28,30)/b24-22+. The molecule has 1 aliphatic rings. The van der Waals surface area contributed by atoms with Crippen LogP contribution in [-0.2, 0) is 24.4 Å². The molecule has 4 rings (SSSR count). The number of methoxy groups -OCH3 is 1. The van der Waals surface area contributed by atoms with E-state index in [-0.39, 0.29) is 21.9 Å². The zero-order valence-electron chi connectivity index (χ0n) is 19.6. The minimum atomic E-state index is -4.10. The SMILES string of the molecule is COc1cccc(C2/C(=C(\O)c3ccc(Br)cc3)C(=O)C(=O)N2c2ccc(S(=O)(=O)NC(C)=O)cc2)c1. The number of ether oxygens (including phenoxy) is 1. The van der Waals surface area contributed by atoms with Gasteiger partial charge in [0.25, 0.3) is 21.7 Å². The van der Waals surface area contributed by atoms with Gasteiger partial charge in [-0.2, -0.15) is 0 Å². The van der Waals surface area contributed by atoms with Gasteiger partial charge >= 0.3 is 0 Å². The first-order chi connectivity index (χ1) is 17.5. The molecule has 190 valence electrons. The molecule has 1 heterocycles. The molecule has 0 bridgehead atoms. The summed E-state index contributed by atoms with van der Waals surface area (Å²) >= 11 is 3.33. The predicted octanol–water partition coefficient (Wildman–Crippen LogP) is 3.91. The quantitative estimate of drug-likeness (QED) is 0.255. The number of halogens is 1. The number of sulfonamides is 1. The molecule has 1 saturated heterocycles. The number of Topliss-reactive ketones (excluding diaryl/α,β-unsaturated/α-hetero) is 1. The summed E-state index contributed by atoms with van der Waals surface area (Å²) in [7, 11) is -2.62. The molecule has 9 nitrogen and oxygen atoms in total. The van der Waals surface area contributed by atoms with Crippen molar-refractivity contribution in [2.75, 3.05) is 12.0 Å². The lowest BCUT2D eigenvalue weighted by Crippen LogP contribution is -2.30. The normalized spacial score (nSPS) is 17.1. The van der Waals surface area contributed by atoms with Crippen molar-refractivity contribution in [3.8, 4) is 5.75 Å². The number of nitrogens with zero attached hydrogens (tertiary/aromatic N) is 1. The molecule has 1 atom stereocenters. The molecular weight excluding hydrogens is 564 g/mol. The Kier molecular flexibility index (Phi) is 7.19. The number of rotatable bonds is 6. The highest BCUT2D eigenvalue weighted by Gasteiger charge is 2.47. The van der Waals surface area contributed by atoms with E-state index in [4.69, 9.17) is 4.74 Å². The molecule has 1 fully saturated rings. The van der Waals surface area contributed by atoms with Gasteiger partial charge in [0.2, 0.25) is 5.91 Å². The van der Waals surface area contributed by atoms with Gasteiger partial charge in [0, 0.05) is 22.6 Å². The van der Waals surface area contributed by atoms with Crippen LogP contribution in [0.4, 0.5) is 5.69 Å². The number of aliphatic hydroxyl groups is 1. The van der Waals surface area contributed by atoms with Crippen molar-refractivity contribution in [2.45, 2.75) is 17.9 Å². The van der Waals surface area contributed by atoms with E-state index in [1.54, 1.807) is 48.5 Å². The summed E-state index contributed by atoms with van der Waals surface area (Å²) in [6, 6.07) is 17.5. The average Bonchev–Trinajstić information content (AvgIpc) is 3.13. The van der Waals surface area contributed by atoms with E-state index in [0.29, 0.717) is 16.9 Å². The van der Waals surface area contributed by atoms with Crippen molar-refractivity contribution in [2.24, 2.45) is 0 Å². The first kappa shape index (κ1) is 26.1. The molecule has 1 aliphatic heterocycles. The molecule has 0 spiro atoms. The molecule has 0 saturated carbocycles. The highest BCUT2D eigenvalue weighted by Crippen LogP contribution is 2.43. The second-order valence-corrected chi connectivity index (χ2v) is 10.7. The van der Waals surface area contributed by atoms with E-state index in [1.165, 1.54) is 36.3 Å². The van der Waals surface area contributed by atoms with Crippen molar-refractivity contribution in [1.82, 2.24) is 4.72 Å². The predicted molar refractivity (Wildman–Crippen MR) is 139 cm³/mol. The van der Waals surface area contributed by atoms with E-state index in [1.807, 2.05) is 4.72 Å². The van der Waals surface area contributed by atoms with Gasteiger partial charge in [0.05, 0.1) is 23.6 Å². The Morgan fingerprint density at radius 1 is 1.03 bits per heavy atom. The van der Waals surface area contributed by atoms with Crippen LogP contribution in [0.15, 0.2) is 87.7 Å². The molecule has 3 aromatic rings. The molecule has 1 unspecified atom stereocenters. The lowest BCUT2D eigenvalue weighted by molar-refractivity contribution is -0.132. The summed E-state index contributed by atoms with van der Waals surface area (Å²) in [6.07, 6.45) is 0. The number of aliphatic hydroxyl groups excluding tert-OH is 1. The highest BCUT2D eigenvalue weighted by atomic mass is 79.9. The van der Waals surface area contributed by atoms with Gasteiger partial charge in [0.1, 0.15) is 11.5 Å². The molecular formula is C26H21BrN2O7S. The Morgan fingerprint density at radius 3 is 2.27 bits per heavy atom. The van der Waals surface area contributed by atoms with Gasteiger partial charge in [-0.1, -0.05) is 40.2 Å². The number of ketones is 1. The van der Waals surface area contributed by atoms with Crippen LogP contribution >= 0.6 is 15.9 Å². The Hall–Kier alpha value is -3.96. The maximum atomic E-state index is 13.3. The first-order valence-corrected chi connectivity index (χ1v) is 13.2. The second-order valence-electron chi connectivity index (χ2n) is 8.11. The van der Waals surface area contributed by atoms with Crippen LogP contribution in [-0.4, -0.2) is 38.2 Å². The number of anilines is 1. The summed E-state index contributed by atoms with van der Waals surface area (Å²) in [5, 5.41) is 11.2. The zero-order chi connectivity index (χ0) is 26.9. The fraction of sp³-hybridized carbons (Fsp3) is 0.115. The van der Waals surface area contributed by atoms with Crippen molar-refractivity contribution >= 4 is 55.0 Å². The average molecular weight is 585 g/mol. The molecule has 2 amide bonds. The monoisotopic (exact) mass is 584 g/mol. The van der Waals surface area contributed by atoms with Crippen LogP contribution in [0.25, 0.3) is 5.76 Å². The fourth-order valence-corrected chi connectivity index (χ4v) is 5.28. The fourth-order valence-electron chi connectivity index (χ4n) is 4.02. The van der Waals surface area contributed by atoms with E-state index < -0.39 is 33.7 Å². The van der Waals surface area contributed by atoms with Crippen molar-refractivity contribution in [3.63, 3.8) is 0 Å². The van der Waals surface area contributed by atoms with Crippen molar-refractivity contribution in [1.29, 1.82) is 0 Å². The number of hydrogen-bond acceptors (Lipinski definition) is 7. The maximum absolute atomic E-state index is 13.3. The van der Waals surface area contributed by atoms with E-state index in [9.17, 15) is 27.9 Å². The van der Waals surface area contributed by atoms with E-state index in [0.717, 1.165) is 11.4 Å². The van der Waals surface area contributed by atoms with Crippen LogP contribution in [0, 0.1) is 0 Å². The van der Waals surface area contributed by atoms with E-state index in [2.05, 4.69) is 15.9 Å². The number of benzene rings is 3.